The van der Waals surface area contributed by atoms with Crippen molar-refractivity contribution in [3.05, 3.63) is 35.9 Å². The van der Waals surface area contributed by atoms with Crippen LogP contribution in [0, 0.1) is 0 Å². The van der Waals surface area contributed by atoms with Crippen LogP contribution in [0.25, 0.3) is 0 Å². The quantitative estimate of drug-likeness (QED) is 0.929. The van der Waals surface area contributed by atoms with Gasteiger partial charge in [-0.05, 0) is 12.0 Å². The fraction of sp³-hybridized carbons (Fsp3) is 0.500. The molecular weight excluding hydrogens is 285 g/mol. The molecule has 7 heteroatoms. The first kappa shape index (κ1) is 15.6. The molecular formula is C14H17F3N2O2. The Morgan fingerprint density at radius 3 is 2.71 bits per heavy atom. The maximum Gasteiger partial charge on any atom is 0.422 e. The number of halogens is 3. The Kier molecular flexibility index (Phi) is 5.06. The van der Waals surface area contributed by atoms with Crippen LogP contribution < -0.4 is 5.32 Å². The zero-order chi connectivity index (χ0) is 15.3. The summed E-state index contributed by atoms with van der Waals surface area (Å²) in [5, 5.41) is 2.46. The Balaban J connectivity index is 1.71. The van der Waals surface area contributed by atoms with Gasteiger partial charge in [0.15, 0.2) is 6.61 Å². The van der Waals surface area contributed by atoms with Crippen LogP contribution >= 0.6 is 0 Å². The van der Waals surface area contributed by atoms with Crippen LogP contribution in [0.2, 0.25) is 0 Å². The molecule has 1 atom stereocenters. The van der Waals surface area contributed by atoms with Gasteiger partial charge < -0.3 is 10.1 Å². The van der Waals surface area contributed by atoms with Crippen LogP contribution in [0.5, 0.6) is 0 Å². The first-order valence-electron chi connectivity index (χ1n) is 6.69. The summed E-state index contributed by atoms with van der Waals surface area (Å²) in [4.78, 5) is 13.4. The minimum absolute atomic E-state index is 0.172. The smallest absolute Gasteiger partial charge is 0.422 e. The van der Waals surface area contributed by atoms with E-state index in [9.17, 15) is 18.0 Å². The molecule has 1 heterocycles. The molecule has 0 bridgehead atoms. The molecule has 1 aliphatic rings. The topological polar surface area (TPSA) is 41.6 Å². The lowest BCUT2D eigenvalue weighted by Gasteiger charge is -2.17. The van der Waals surface area contributed by atoms with Gasteiger partial charge in [-0.15, -0.1) is 0 Å². The van der Waals surface area contributed by atoms with Gasteiger partial charge in [0, 0.05) is 25.7 Å². The van der Waals surface area contributed by atoms with Crippen molar-refractivity contribution in [2.24, 2.45) is 0 Å². The van der Waals surface area contributed by atoms with Crippen LogP contribution in [0.1, 0.15) is 12.0 Å². The van der Waals surface area contributed by atoms with Crippen LogP contribution in [0.3, 0.4) is 0 Å². The number of carbonyl (C=O) groups excluding carboxylic acids is 1. The zero-order valence-corrected chi connectivity index (χ0v) is 11.4. The molecule has 1 unspecified atom stereocenters. The molecule has 1 aliphatic heterocycles. The SMILES string of the molecule is O=C(NC1CCN(Cc2ccccc2)C1)OCC(F)(F)F. The van der Waals surface area contributed by atoms with Crippen molar-refractivity contribution in [2.75, 3.05) is 19.7 Å². The van der Waals surface area contributed by atoms with Gasteiger partial charge in [-0.3, -0.25) is 4.90 Å². The molecule has 0 aromatic heterocycles. The fourth-order valence-corrected chi connectivity index (χ4v) is 2.29. The average molecular weight is 302 g/mol. The number of benzene rings is 1. The molecule has 0 spiro atoms. The monoisotopic (exact) mass is 302 g/mol. The van der Waals surface area contributed by atoms with E-state index in [1.807, 2.05) is 30.3 Å². The fourth-order valence-electron chi connectivity index (χ4n) is 2.29. The molecule has 1 amide bonds. The predicted molar refractivity (Wildman–Crippen MR) is 70.7 cm³/mol. The Bertz CT molecular complexity index is 465. The van der Waals surface area contributed by atoms with Crippen molar-refractivity contribution in [3.63, 3.8) is 0 Å². The van der Waals surface area contributed by atoms with Crippen LogP contribution in [0.15, 0.2) is 30.3 Å². The zero-order valence-electron chi connectivity index (χ0n) is 11.4. The third-order valence-corrected chi connectivity index (χ3v) is 3.21. The summed E-state index contributed by atoms with van der Waals surface area (Å²) in [5.41, 5.74) is 1.16. The predicted octanol–water partition coefficient (Wildman–Crippen LogP) is 2.55. The number of carbonyl (C=O) groups is 1. The average Bonchev–Trinajstić information content (AvgIpc) is 2.84. The molecule has 1 fully saturated rings. The van der Waals surface area contributed by atoms with Gasteiger partial charge in [0.1, 0.15) is 0 Å². The number of rotatable bonds is 4. The summed E-state index contributed by atoms with van der Waals surface area (Å²) in [7, 11) is 0. The number of hydrogen-bond acceptors (Lipinski definition) is 3. The van der Waals surface area contributed by atoms with Crippen LogP contribution in [-0.2, 0) is 11.3 Å². The van der Waals surface area contributed by atoms with E-state index < -0.39 is 18.9 Å². The first-order valence-corrected chi connectivity index (χ1v) is 6.69. The van der Waals surface area contributed by atoms with E-state index in [1.165, 1.54) is 0 Å². The molecule has 4 nitrogen and oxygen atoms in total. The summed E-state index contributed by atoms with van der Waals surface area (Å²) in [6.45, 7) is 0.602. The molecule has 116 valence electrons. The third-order valence-electron chi connectivity index (χ3n) is 3.21. The largest absolute Gasteiger partial charge is 0.440 e. The molecule has 2 rings (SSSR count). The molecule has 1 N–H and O–H groups in total. The summed E-state index contributed by atoms with van der Waals surface area (Å²) in [6.07, 6.45) is -4.81. The van der Waals surface area contributed by atoms with Crippen molar-refractivity contribution in [2.45, 2.75) is 25.2 Å². The second-order valence-electron chi connectivity index (χ2n) is 5.04. The number of likely N-dealkylation sites (tertiary alicyclic amines) is 1. The van der Waals surface area contributed by atoms with E-state index in [-0.39, 0.29) is 6.04 Å². The minimum atomic E-state index is -4.49. The molecule has 0 radical (unpaired) electrons. The molecule has 0 aliphatic carbocycles. The van der Waals surface area contributed by atoms with Gasteiger partial charge in [0.25, 0.3) is 0 Å². The molecule has 1 saturated heterocycles. The highest BCUT2D eigenvalue weighted by Gasteiger charge is 2.30. The van der Waals surface area contributed by atoms with Crippen molar-refractivity contribution in [3.8, 4) is 0 Å². The lowest BCUT2D eigenvalue weighted by molar-refractivity contribution is -0.160. The number of nitrogens with zero attached hydrogens (tertiary/aromatic N) is 1. The lowest BCUT2D eigenvalue weighted by Crippen LogP contribution is -2.38. The lowest BCUT2D eigenvalue weighted by atomic mass is 10.2. The second kappa shape index (κ2) is 6.80. The Morgan fingerprint density at radius 1 is 1.33 bits per heavy atom. The van der Waals surface area contributed by atoms with Crippen molar-refractivity contribution >= 4 is 6.09 Å². The highest BCUT2D eigenvalue weighted by Crippen LogP contribution is 2.16. The second-order valence-corrected chi connectivity index (χ2v) is 5.04. The number of nitrogens with one attached hydrogen (secondary N) is 1. The summed E-state index contributed by atoms with van der Waals surface area (Å²) >= 11 is 0. The number of ether oxygens (including phenoxy) is 1. The number of alkyl carbamates (subject to hydrolysis) is 1. The molecule has 0 saturated carbocycles. The summed E-state index contributed by atoms with van der Waals surface area (Å²) in [5.74, 6) is 0. The van der Waals surface area contributed by atoms with Gasteiger partial charge in [-0.2, -0.15) is 13.2 Å². The highest BCUT2D eigenvalue weighted by molar-refractivity contribution is 5.67. The minimum Gasteiger partial charge on any atom is -0.440 e. The summed E-state index contributed by atoms with van der Waals surface area (Å²) < 4.78 is 39.9. The molecule has 1 aromatic carbocycles. The number of amides is 1. The van der Waals surface area contributed by atoms with E-state index in [0.29, 0.717) is 13.0 Å². The normalized spacial score (nSPS) is 19.5. The Labute approximate surface area is 120 Å². The van der Waals surface area contributed by atoms with Crippen LogP contribution in [-0.4, -0.2) is 42.9 Å². The van der Waals surface area contributed by atoms with Crippen LogP contribution in [0.4, 0.5) is 18.0 Å². The van der Waals surface area contributed by atoms with Gasteiger partial charge in [0.05, 0.1) is 0 Å². The van der Waals surface area contributed by atoms with Gasteiger partial charge in [-0.1, -0.05) is 30.3 Å². The van der Waals surface area contributed by atoms with E-state index in [2.05, 4.69) is 15.0 Å². The van der Waals surface area contributed by atoms with E-state index in [0.717, 1.165) is 18.7 Å². The Morgan fingerprint density at radius 2 is 2.05 bits per heavy atom. The third kappa shape index (κ3) is 5.63. The van der Waals surface area contributed by atoms with E-state index >= 15 is 0 Å². The summed E-state index contributed by atoms with van der Waals surface area (Å²) in [6, 6.07) is 9.70. The molecule has 1 aromatic rings. The molecule has 21 heavy (non-hydrogen) atoms. The first-order chi connectivity index (χ1) is 9.92. The van der Waals surface area contributed by atoms with E-state index in [4.69, 9.17) is 0 Å². The van der Waals surface area contributed by atoms with E-state index in [1.54, 1.807) is 0 Å². The van der Waals surface area contributed by atoms with Gasteiger partial charge >= 0.3 is 12.3 Å². The van der Waals surface area contributed by atoms with Gasteiger partial charge in [-0.25, -0.2) is 4.79 Å². The standard InChI is InChI=1S/C14H17F3N2O2/c15-14(16,17)10-21-13(20)18-12-6-7-19(9-12)8-11-4-2-1-3-5-11/h1-5,12H,6-10H2,(H,18,20). The maximum atomic E-state index is 11.9. The van der Waals surface area contributed by atoms with Crippen molar-refractivity contribution in [1.29, 1.82) is 0 Å². The van der Waals surface area contributed by atoms with Crippen molar-refractivity contribution < 1.29 is 22.7 Å². The number of hydrogen-bond donors (Lipinski definition) is 1. The van der Waals surface area contributed by atoms with Crippen molar-refractivity contribution in [1.82, 2.24) is 10.2 Å². The highest BCUT2D eigenvalue weighted by atomic mass is 19.4. The van der Waals surface area contributed by atoms with Gasteiger partial charge in [0.2, 0.25) is 0 Å². The Hall–Kier alpha value is -1.76. The maximum absolute atomic E-state index is 11.9. The number of alkyl halides is 3.